The third-order valence-corrected chi connectivity index (χ3v) is 5.58. The first-order chi connectivity index (χ1) is 9.06. The first-order valence-corrected chi connectivity index (χ1v) is 7.70. The summed E-state index contributed by atoms with van der Waals surface area (Å²) < 4.78 is 5.98. The molecular formula is C15H25NO3. The van der Waals surface area contributed by atoms with Crippen LogP contribution in [0.2, 0.25) is 0 Å². The first-order valence-electron chi connectivity index (χ1n) is 7.70. The van der Waals surface area contributed by atoms with Crippen LogP contribution in [0.5, 0.6) is 0 Å². The minimum absolute atomic E-state index is 0.0970. The van der Waals surface area contributed by atoms with Gasteiger partial charge in [0.25, 0.3) is 0 Å². The number of carboxylic acids is 1. The Labute approximate surface area is 115 Å². The third kappa shape index (κ3) is 2.19. The van der Waals surface area contributed by atoms with Gasteiger partial charge in [0, 0.05) is 12.6 Å². The maximum Gasteiger partial charge on any atom is 0.323 e. The highest BCUT2D eigenvalue weighted by molar-refractivity contribution is 5.78. The Morgan fingerprint density at radius 1 is 1.26 bits per heavy atom. The number of nitrogens with zero attached hydrogens (tertiary/aromatic N) is 1. The molecule has 2 saturated heterocycles. The van der Waals surface area contributed by atoms with Crippen LogP contribution in [0.4, 0.5) is 0 Å². The van der Waals surface area contributed by atoms with E-state index in [4.69, 9.17) is 4.74 Å². The number of likely N-dealkylation sites (tertiary alicyclic amines) is 1. The Bertz CT molecular complexity index is 366. The molecule has 19 heavy (non-hydrogen) atoms. The summed E-state index contributed by atoms with van der Waals surface area (Å²) in [4.78, 5) is 14.0. The molecule has 2 heterocycles. The van der Waals surface area contributed by atoms with Crippen LogP contribution in [0.3, 0.4) is 0 Å². The Kier molecular flexibility index (Phi) is 3.34. The molecule has 0 aromatic heterocycles. The van der Waals surface area contributed by atoms with Crippen LogP contribution in [-0.4, -0.2) is 46.3 Å². The molecule has 3 fully saturated rings. The minimum Gasteiger partial charge on any atom is -0.480 e. The molecule has 1 N–H and O–H groups in total. The van der Waals surface area contributed by atoms with Crippen LogP contribution in [0, 0.1) is 0 Å². The van der Waals surface area contributed by atoms with Gasteiger partial charge >= 0.3 is 5.97 Å². The van der Waals surface area contributed by atoms with E-state index in [0.29, 0.717) is 6.04 Å². The smallest absolute Gasteiger partial charge is 0.323 e. The summed E-state index contributed by atoms with van der Waals surface area (Å²) in [6.07, 6.45) is 8.58. The molecule has 3 rings (SSSR count). The van der Waals surface area contributed by atoms with Crippen molar-refractivity contribution in [2.75, 3.05) is 13.2 Å². The maximum absolute atomic E-state index is 11.7. The predicted molar refractivity (Wildman–Crippen MR) is 72.2 cm³/mol. The second-order valence-electron chi connectivity index (χ2n) is 6.76. The van der Waals surface area contributed by atoms with Gasteiger partial charge in [-0.2, -0.15) is 0 Å². The zero-order chi connectivity index (χ0) is 13.5. The van der Waals surface area contributed by atoms with E-state index in [9.17, 15) is 9.90 Å². The number of hydrogen-bond acceptors (Lipinski definition) is 3. The highest BCUT2D eigenvalue weighted by atomic mass is 16.5. The summed E-state index contributed by atoms with van der Waals surface area (Å²) >= 11 is 0. The minimum atomic E-state index is -0.662. The Morgan fingerprint density at radius 3 is 2.68 bits per heavy atom. The molecule has 3 aliphatic rings. The fraction of sp³-hybridized carbons (Fsp3) is 0.933. The molecule has 1 spiro atoms. The second-order valence-corrected chi connectivity index (χ2v) is 6.76. The fourth-order valence-electron chi connectivity index (χ4n) is 4.14. The van der Waals surface area contributed by atoms with E-state index in [0.717, 1.165) is 45.3 Å². The summed E-state index contributed by atoms with van der Waals surface area (Å²) in [7, 11) is 0. The second kappa shape index (κ2) is 4.74. The molecule has 4 heteroatoms. The van der Waals surface area contributed by atoms with Gasteiger partial charge in [-0.15, -0.1) is 0 Å². The van der Waals surface area contributed by atoms with Crippen molar-refractivity contribution in [3.05, 3.63) is 0 Å². The van der Waals surface area contributed by atoms with E-state index < -0.39 is 11.5 Å². The van der Waals surface area contributed by atoms with E-state index in [2.05, 4.69) is 4.90 Å². The lowest BCUT2D eigenvalue weighted by atomic mass is 9.72. The van der Waals surface area contributed by atoms with Crippen molar-refractivity contribution in [3.8, 4) is 0 Å². The highest BCUT2D eigenvalue weighted by Crippen LogP contribution is 2.45. The number of piperidine rings is 1. The molecule has 1 saturated carbocycles. The number of hydrogen-bond donors (Lipinski definition) is 1. The van der Waals surface area contributed by atoms with Gasteiger partial charge < -0.3 is 9.84 Å². The van der Waals surface area contributed by atoms with Crippen LogP contribution in [-0.2, 0) is 9.53 Å². The molecule has 2 aliphatic heterocycles. The quantitative estimate of drug-likeness (QED) is 0.834. The van der Waals surface area contributed by atoms with E-state index in [-0.39, 0.29) is 5.60 Å². The van der Waals surface area contributed by atoms with Crippen molar-refractivity contribution in [1.29, 1.82) is 0 Å². The summed E-state index contributed by atoms with van der Waals surface area (Å²) in [6, 6.07) is 0.399. The van der Waals surface area contributed by atoms with Gasteiger partial charge in [0.15, 0.2) is 0 Å². The largest absolute Gasteiger partial charge is 0.480 e. The number of rotatable bonds is 2. The van der Waals surface area contributed by atoms with Crippen LogP contribution in [0.15, 0.2) is 0 Å². The fourth-order valence-corrected chi connectivity index (χ4v) is 4.14. The molecule has 0 radical (unpaired) electrons. The van der Waals surface area contributed by atoms with Gasteiger partial charge in [-0.1, -0.05) is 0 Å². The van der Waals surface area contributed by atoms with Crippen LogP contribution >= 0.6 is 0 Å². The third-order valence-electron chi connectivity index (χ3n) is 5.58. The van der Waals surface area contributed by atoms with E-state index >= 15 is 0 Å². The van der Waals surface area contributed by atoms with Crippen molar-refractivity contribution >= 4 is 5.97 Å². The van der Waals surface area contributed by atoms with Crippen LogP contribution in [0.25, 0.3) is 0 Å². The normalized spacial score (nSPS) is 38.9. The monoisotopic (exact) mass is 267 g/mol. The molecular weight excluding hydrogens is 242 g/mol. The topological polar surface area (TPSA) is 49.8 Å². The molecule has 0 bridgehead atoms. The summed E-state index contributed by atoms with van der Waals surface area (Å²) in [5.41, 5.74) is -0.565. The van der Waals surface area contributed by atoms with Crippen molar-refractivity contribution in [2.24, 2.45) is 0 Å². The first kappa shape index (κ1) is 13.4. The standard InChI is InChI=1S/C15H25NO3/c1-14(13(17)18)6-2-3-9-16(14)12-5-10-19-15(11-12)7-4-8-15/h12H,2-11H2,1H3,(H,17,18). The van der Waals surface area contributed by atoms with Crippen LogP contribution in [0.1, 0.15) is 58.3 Å². The van der Waals surface area contributed by atoms with Gasteiger partial charge in [0.05, 0.1) is 5.60 Å². The molecule has 2 unspecified atom stereocenters. The lowest BCUT2D eigenvalue weighted by Gasteiger charge is -2.53. The van der Waals surface area contributed by atoms with Crippen molar-refractivity contribution < 1.29 is 14.6 Å². The predicted octanol–water partition coefficient (Wildman–Crippen LogP) is 2.42. The van der Waals surface area contributed by atoms with E-state index in [1.807, 2.05) is 6.92 Å². The lowest BCUT2D eigenvalue weighted by Crippen LogP contribution is -2.62. The molecule has 1 aliphatic carbocycles. The lowest BCUT2D eigenvalue weighted by molar-refractivity contribution is -0.174. The summed E-state index contributed by atoms with van der Waals surface area (Å²) in [5, 5.41) is 9.63. The molecule has 0 amide bonds. The molecule has 108 valence electrons. The van der Waals surface area contributed by atoms with Crippen LogP contribution < -0.4 is 0 Å². The molecule has 4 nitrogen and oxygen atoms in total. The molecule has 0 aromatic rings. The van der Waals surface area contributed by atoms with Crippen molar-refractivity contribution in [1.82, 2.24) is 4.90 Å². The van der Waals surface area contributed by atoms with E-state index in [1.165, 1.54) is 19.3 Å². The van der Waals surface area contributed by atoms with Gasteiger partial charge in [-0.25, -0.2) is 0 Å². The van der Waals surface area contributed by atoms with Gasteiger partial charge in [0.2, 0.25) is 0 Å². The van der Waals surface area contributed by atoms with Gasteiger partial charge in [0.1, 0.15) is 5.54 Å². The molecule has 2 atom stereocenters. The Morgan fingerprint density at radius 2 is 2.05 bits per heavy atom. The zero-order valence-electron chi connectivity index (χ0n) is 11.9. The van der Waals surface area contributed by atoms with Crippen molar-refractivity contribution in [3.63, 3.8) is 0 Å². The highest BCUT2D eigenvalue weighted by Gasteiger charge is 2.49. The number of ether oxygens (including phenoxy) is 1. The zero-order valence-corrected chi connectivity index (χ0v) is 11.9. The van der Waals surface area contributed by atoms with Gasteiger partial charge in [-0.05, 0) is 64.8 Å². The van der Waals surface area contributed by atoms with E-state index in [1.54, 1.807) is 0 Å². The Balaban J connectivity index is 1.77. The number of carboxylic acid groups (broad SMARTS) is 1. The Hall–Kier alpha value is -0.610. The maximum atomic E-state index is 11.7. The van der Waals surface area contributed by atoms with Gasteiger partial charge in [-0.3, -0.25) is 9.69 Å². The number of carbonyl (C=O) groups is 1. The summed E-state index contributed by atoms with van der Waals surface area (Å²) in [5.74, 6) is -0.652. The van der Waals surface area contributed by atoms with Crippen molar-refractivity contribution in [2.45, 2.75) is 75.5 Å². The SMILES string of the molecule is CC1(C(=O)O)CCCCN1C1CCOC2(CCC2)C1. The molecule has 0 aromatic carbocycles. The summed E-state index contributed by atoms with van der Waals surface area (Å²) in [6.45, 7) is 3.65. The average Bonchev–Trinajstić information content (AvgIpc) is 2.37. The number of aliphatic carboxylic acids is 1. The average molecular weight is 267 g/mol.